The van der Waals surface area contributed by atoms with E-state index in [1.807, 2.05) is 18.7 Å². The molecule has 0 unspecified atom stereocenters. The lowest BCUT2D eigenvalue weighted by atomic mass is 10.1. The summed E-state index contributed by atoms with van der Waals surface area (Å²) >= 11 is 5.78. The number of nitrogens with one attached hydrogen (secondary N) is 2. The summed E-state index contributed by atoms with van der Waals surface area (Å²) in [5.41, 5.74) is 2.14. The zero-order valence-corrected chi connectivity index (χ0v) is 11.7. The van der Waals surface area contributed by atoms with Gasteiger partial charge in [0.25, 0.3) is 10.0 Å². The van der Waals surface area contributed by atoms with E-state index in [1.165, 1.54) is 12.1 Å². The van der Waals surface area contributed by atoms with Crippen molar-refractivity contribution >= 4 is 27.5 Å². The van der Waals surface area contributed by atoms with Gasteiger partial charge in [-0.1, -0.05) is 37.6 Å². The lowest BCUT2D eigenvalue weighted by molar-refractivity contribution is -0.122. The molecule has 1 rings (SSSR count). The molecule has 0 aromatic heterocycles. The maximum Gasteiger partial charge on any atom is 0.258 e. The number of hydrogen-bond donors (Lipinski definition) is 2. The summed E-state index contributed by atoms with van der Waals surface area (Å²) in [5.74, 6) is -0.240. The molecule has 0 fully saturated rings. The third-order valence-electron chi connectivity index (χ3n) is 2.04. The summed E-state index contributed by atoms with van der Waals surface area (Å²) in [7, 11) is -3.84. The molecule has 1 amide bonds. The van der Waals surface area contributed by atoms with Gasteiger partial charge in [-0.3, -0.25) is 10.2 Å². The average Bonchev–Trinajstić information content (AvgIpc) is 2.26. The Balaban J connectivity index is 2.72. The van der Waals surface area contributed by atoms with Crippen LogP contribution in [0.5, 0.6) is 0 Å². The summed E-state index contributed by atoms with van der Waals surface area (Å²) in [6.07, 6.45) is 0.241. The molecule has 0 atom stereocenters. The highest BCUT2D eigenvalue weighted by atomic mass is 35.5. The second kappa shape index (κ2) is 6.17. The molecule has 0 heterocycles. The van der Waals surface area contributed by atoms with Crippen LogP contribution in [-0.2, 0) is 14.8 Å². The third kappa shape index (κ3) is 4.29. The van der Waals surface area contributed by atoms with Gasteiger partial charge in [-0.25, -0.2) is 8.42 Å². The molecule has 0 spiro atoms. The summed E-state index contributed by atoms with van der Waals surface area (Å²) in [6, 6.07) is 6.00. The van der Waals surface area contributed by atoms with E-state index < -0.39 is 10.0 Å². The van der Waals surface area contributed by atoms with Crippen molar-refractivity contribution in [2.75, 3.05) is 0 Å². The smallest absolute Gasteiger partial charge is 0.258 e. The second-order valence-corrected chi connectivity index (χ2v) is 6.24. The average molecular weight is 291 g/mol. The van der Waals surface area contributed by atoms with Crippen LogP contribution in [0.15, 0.2) is 29.2 Å². The minimum atomic E-state index is -3.84. The van der Waals surface area contributed by atoms with Crippen LogP contribution in [0.3, 0.4) is 0 Å². The summed E-state index contributed by atoms with van der Waals surface area (Å²) in [4.78, 5) is 13.3. The molecule has 7 heteroatoms. The van der Waals surface area contributed by atoms with Crippen molar-refractivity contribution in [3.63, 3.8) is 0 Å². The molecule has 0 aliphatic heterocycles. The fourth-order valence-electron chi connectivity index (χ4n) is 1.26. The lowest BCUT2D eigenvalue weighted by Gasteiger charge is -2.10. The Morgan fingerprint density at radius 2 is 1.94 bits per heavy atom. The van der Waals surface area contributed by atoms with Crippen LogP contribution in [0.1, 0.15) is 20.3 Å². The molecule has 0 aliphatic rings. The maximum absolute atomic E-state index is 11.8. The van der Waals surface area contributed by atoms with E-state index in [4.69, 9.17) is 11.6 Å². The zero-order chi connectivity index (χ0) is 13.8. The van der Waals surface area contributed by atoms with Crippen molar-refractivity contribution in [2.24, 2.45) is 5.92 Å². The topological polar surface area (TPSA) is 75.3 Å². The first kappa shape index (κ1) is 14.9. The fourth-order valence-corrected chi connectivity index (χ4v) is 2.64. The van der Waals surface area contributed by atoms with Crippen LogP contribution in [-0.4, -0.2) is 14.3 Å². The van der Waals surface area contributed by atoms with Gasteiger partial charge in [-0.2, -0.15) is 0 Å². The molecule has 2 N–H and O–H groups in total. The number of halogens is 1. The second-order valence-electron chi connectivity index (χ2n) is 4.18. The van der Waals surface area contributed by atoms with Crippen molar-refractivity contribution in [1.82, 2.24) is 10.3 Å². The number of hydrogen-bond acceptors (Lipinski definition) is 3. The van der Waals surface area contributed by atoms with E-state index in [1.54, 1.807) is 12.1 Å². The molecular weight excluding hydrogens is 276 g/mol. The number of sulfonamides is 1. The third-order valence-corrected chi connectivity index (χ3v) is 3.79. The van der Waals surface area contributed by atoms with E-state index in [2.05, 4.69) is 5.43 Å². The first-order chi connectivity index (χ1) is 8.33. The summed E-state index contributed by atoms with van der Waals surface area (Å²) in [5, 5.41) is 0.100. The first-order valence-electron chi connectivity index (χ1n) is 5.38. The standard InChI is InChI=1S/C11H15ClN2O3S/c1-8(2)7-11(15)13-14-18(16,17)10-6-4-3-5-9(10)12/h3-6,8,14H,7H2,1-2H3,(H,13,15). The van der Waals surface area contributed by atoms with E-state index in [0.29, 0.717) is 0 Å². The Labute approximate surface area is 112 Å². The van der Waals surface area contributed by atoms with Gasteiger partial charge in [0.05, 0.1) is 5.02 Å². The van der Waals surface area contributed by atoms with Crippen LogP contribution in [0.25, 0.3) is 0 Å². The highest BCUT2D eigenvalue weighted by Crippen LogP contribution is 2.19. The van der Waals surface area contributed by atoms with Gasteiger partial charge in [-0.05, 0) is 18.1 Å². The van der Waals surface area contributed by atoms with Crippen LogP contribution in [0, 0.1) is 5.92 Å². The van der Waals surface area contributed by atoms with Gasteiger partial charge in [0, 0.05) is 6.42 Å². The predicted molar refractivity (Wildman–Crippen MR) is 69.4 cm³/mol. The fraction of sp³-hybridized carbons (Fsp3) is 0.364. The monoisotopic (exact) mass is 290 g/mol. The maximum atomic E-state index is 11.8. The molecule has 100 valence electrons. The molecule has 0 saturated carbocycles. The number of amides is 1. The van der Waals surface area contributed by atoms with Gasteiger partial charge in [0.1, 0.15) is 4.90 Å². The molecule has 5 nitrogen and oxygen atoms in total. The largest absolute Gasteiger partial charge is 0.278 e. The molecule has 0 saturated heterocycles. The molecule has 1 aromatic carbocycles. The quantitative estimate of drug-likeness (QED) is 0.811. The number of hydrazine groups is 1. The van der Waals surface area contributed by atoms with Gasteiger partial charge in [0.2, 0.25) is 5.91 Å². The van der Waals surface area contributed by atoms with Gasteiger partial charge < -0.3 is 0 Å². The Hall–Kier alpha value is -1.11. The Kier molecular flexibility index (Phi) is 5.13. The van der Waals surface area contributed by atoms with Crippen molar-refractivity contribution < 1.29 is 13.2 Å². The highest BCUT2D eigenvalue weighted by Gasteiger charge is 2.18. The zero-order valence-electron chi connectivity index (χ0n) is 10.1. The predicted octanol–water partition coefficient (Wildman–Crippen LogP) is 1.70. The normalized spacial score (nSPS) is 11.6. The SMILES string of the molecule is CC(C)CC(=O)NNS(=O)(=O)c1ccccc1Cl. The first-order valence-corrected chi connectivity index (χ1v) is 7.24. The van der Waals surface area contributed by atoms with E-state index in [0.717, 1.165) is 0 Å². The molecule has 1 aromatic rings. The molecule has 0 radical (unpaired) electrons. The number of carbonyl (C=O) groups is 1. The van der Waals surface area contributed by atoms with Crippen molar-refractivity contribution in [2.45, 2.75) is 25.2 Å². The van der Waals surface area contributed by atoms with Crippen molar-refractivity contribution in [3.8, 4) is 0 Å². The summed E-state index contributed by atoms with van der Waals surface area (Å²) in [6.45, 7) is 3.73. The van der Waals surface area contributed by atoms with Crippen molar-refractivity contribution in [1.29, 1.82) is 0 Å². The van der Waals surface area contributed by atoms with Crippen molar-refractivity contribution in [3.05, 3.63) is 29.3 Å². The highest BCUT2D eigenvalue weighted by molar-refractivity contribution is 7.89. The van der Waals surface area contributed by atoms with E-state index in [-0.39, 0.29) is 28.2 Å². The van der Waals surface area contributed by atoms with E-state index >= 15 is 0 Å². The Morgan fingerprint density at radius 3 is 2.50 bits per heavy atom. The molecule has 0 bridgehead atoms. The van der Waals surface area contributed by atoms with Gasteiger partial charge in [0.15, 0.2) is 0 Å². The van der Waals surface area contributed by atoms with Gasteiger partial charge in [-0.15, -0.1) is 4.83 Å². The van der Waals surface area contributed by atoms with Crippen LogP contribution >= 0.6 is 11.6 Å². The molecule has 0 aliphatic carbocycles. The van der Waals surface area contributed by atoms with Crippen LogP contribution in [0.2, 0.25) is 5.02 Å². The Morgan fingerprint density at radius 1 is 1.33 bits per heavy atom. The van der Waals surface area contributed by atoms with Crippen LogP contribution in [0.4, 0.5) is 0 Å². The number of benzene rings is 1. The van der Waals surface area contributed by atoms with Crippen LogP contribution < -0.4 is 10.3 Å². The number of rotatable bonds is 5. The minimum absolute atomic E-state index is 0.0727. The molecule has 18 heavy (non-hydrogen) atoms. The minimum Gasteiger partial charge on any atom is -0.278 e. The Bertz CT molecular complexity index is 529. The molecular formula is C11H15ClN2O3S. The van der Waals surface area contributed by atoms with E-state index in [9.17, 15) is 13.2 Å². The summed E-state index contributed by atoms with van der Waals surface area (Å²) < 4.78 is 23.7. The van der Waals surface area contributed by atoms with Gasteiger partial charge >= 0.3 is 0 Å². The lowest BCUT2D eigenvalue weighted by Crippen LogP contribution is -2.41. The number of carbonyl (C=O) groups excluding carboxylic acids is 1.